The van der Waals surface area contributed by atoms with Gasteiger partial charge in [0.05, 0.1) is 11.7 Å². The molecular weight excluding hydrogens is 429 g/mol. The van der Waals surface area contributed by atoms with Gasteiger partial charge in [-0.15, -0.1) is 0 Å². The van der Waals surface area contributed by atoms with Crippen molar-refractivity contribution in [2.45, 2.75) is 123 Å². The van der Waals surface area contributed by atoms with Crippen molar-refractivity contribution < 1.29 is 27.4 Å². The summed E-state index contributed by atoms with van der Waals surface area (Å²) in [6.45, 7) is 6.58. The van der Waals surface area contributed by atoms with Crippen LogP contribution < -0.4 is 0 Å². The van der Waals surface area contributed by atoms with Crippen LogP contribution in [0.3, 0.4) is 0 Å². The van der Waals surface area contributed by atoms with Gasteiger partial charge in [-0.3, -0.25) is 0 Å². The van der Waals surface area contributed by atoms with E-state index in [1.165, 1.54) is 50.7 Å². The Bertz CT molecular complexity index is 569. The van der Waals surface area contributed by atoms with E-state index in [1.807, 2.05) is 13.8 Å². The van der Waals surface area contributed by atoms with Crippen LogP contribution in [-0.4, -0.2) is 25.8 Å². The van der Waals surface area contributed by atoms with Gasteiger partial charge in [0.25, 0.3) is 6.48 Å². The maximum atomic E-state index is 12.7. The third-order valence-corrected chi connectivity index (χ3v) is 5.81. The standard InChI is InChI=1S/C27H45F3O3/c1-4-7-8-9-10-11-14-17-25(33-26(31-5-2)32-6-3)18-15-12-13-16-23-19-21-24(22-20-23)27(28,29)30/h19-22,25-26H,4-18H2,1-3H3. The molecule has 1 rings (SSSR count). The van der Waals surface area contributed by atoms with Crippen molar-refractivity contribution in [3.05, 3.63) is 35.4 Å². The molecule has 33 heavy (non-hydrogen) atoms. The van der Waals surface area contributed by atoms with Crippen LogP contribution in [0.2, 0.25) is 0 Å². The van der Waals surface area contributed by atoms with Crippen LogP contribution in [0.15, 0.2) is 24.3 Å². The fourth-order valence-electron chi connectivity index (χ4n) is 3.90. The van der Waals surface area contributed by atoms with Crippen molar-refractivity contribution in [2.75, 3.05) is 13.2 Å². The summed E-state index contributed by atoms with van der Waals surface area (Å²) in [5.41, 5.74) is 0.362. The summed E-state index contributed by atoms with van der Waals surface area (Å²) in [5.74, 6) is 0. The molecule has 1 aromatic rings. The van der Waals surface area contributed by atoms with Gasteiger partial charge in [0.2, 0.25) is 0 Å². The normalized spacial score (nSPS) is 13.1. The maximum Gasteiger partial charge on any atom is 0.416 e. The number of hydrogen-bond donors (Lipinski definition) is 0. The molecule has 6 heteroatoms. The van der Waals surface area contributed by atoms with E-state index in [0.717, 1.165) is 50.5 Å². The Kier molecular flexibility index (Phi) is 16.5. The molecule has 0 saturated carbocycles. The third-order valence-electron chi connectivity index (χ3n) is 5.81. The first-order valence-corrected chi connectivity index (χ1v) is 12.9. The zero-order valence-corrected chi connectivity index (χ0v) is 20.9. The van der Waals surface area contributed by atoms with E-state index in [-0.39, 0.29) is 6.10 Å². The smallest absolute Gasteiger partial charge is 0.330 e. The average Bonchev–Trinajstić information content (AvgIpc) is 2.78. The van der Waals surface area contributed by atoms with Crippen molar-refractivity contribution in [3.63, 3.8) is 0 Å². The molecule has 0 spiro atoms. The Balaban J connectivity index is 2.38. The average molecular weight is 475 g/mol. The lowest BCUT2D eigenvalue weighted by molar-refractivity contribution is -0.302. The van der Waals surface area contributed by atoms with Gasteiger partial charge in [-0.2, -0.15) is 13.2 Å². The molecule has 0 N–H and O–H groups in total. The first kappa shape index (κ1) is 29.9. The minimum absolute atomic E-state index is 0.106. The van der Waals surface area contributed by atoms with Gasteiger partial charge in [-0.05, 0) is 57.2 Å². The van der Waals surface area contributed by atoms with E-state index in [2.05, 4.69) is 6.92 Å². The van der Waals surface area contributed by atoms with E-state index in [1.54, 1.807) is 12.1 Å². The van der Waals surface area contributed by atoms with Crippen molar-refractivity contribution in [1.29, 1.82) is 0 Å². The molecular formula is C27H45F3O3. The first-order chi connectivity index (χ1) is 15.9. The molecule has 0 aliphatic carbocycles. The van der Waals surface area contributed by atoms with Crippen LogP contribution >= 0.6 is 0 Å². The topological polar surface area (TPSA) is 27.7 Å². The Morgan fingerprint density at radius 1 is 0.697 bits per heavy atom. The van der Waals surface area contributed by atoms with Crippen molar-refractivity contribution in [2.24, 2.45) is 0 Å². The van der Waals surface area contributed by atoms with Gasteiger partial charge >= 0.3 is 6.18 Å². The number of rotatable bonds is 20. The molecule has 1 aromatic carbocycles. The summed E-state index contributed by atoms with van der Waals surface area (Å²) < 4.78 is 55.4. The number of ether oxygens (including phenoxy) is 3. The van der Waals surface area contributed by atoms with Crippen LogP contribution in [0, 0.1) is 0 Å². The zero-order valence-electron chi connectivity index (χ0n) is 20.9. The Hall–Kier alpha value is -1.11. The van der Waals surface area contributed by atoms with Crippen LogP contribution in [0.25, 0.3) is 0 Å². The summed E-state index contributed by atoms with van der Waals surface area (Å²) in [6, 6.07) is 5.51. The van der Waals surface area contributed by atoms with Crippen molar-refractivity contribution in [3.8, 4) is 0 Å². The molecule has 0 amide bonds. The SMILES string of the molecule is CCCCCCCCCC(CCCCCc1ccc(C(F)(F)F)cc1)OC(OCC)OCC. The quantitative estimate of drug-likeness (QED) is 0.140. The van der Waals surface area contributed by atoms with Gasteiger partial charge in [-0.1, -0.05) is 76.8 Å². The predicted molar refractivity (Wildman–Crippen MR) is 128 cm³/mol. The third kappa shape index (κ3) is 14.7. The summed E-state index contributed by atoms with van der Waals surface area (Å²) in [6.07, 6.45) is 10.4. The molecule has 0 aromatic heterocycles. The van der Waals surface area contributed by atoms with Gasteiger partial charge in [0.1, 0.15) is 0 Å². The predicted octanol–water partition coefficient (Wildman–Crippen LogP) is 8.69. The number of alkyl halides is 3. The molecule has 3 nitrogen and oxygen atoms in total. The van der Waals surface area contributed by atoms with Gasteiger partial charge in [0, 0.05) is 13.2 Å². The van der Waals surface area contributed by atoms with E-state index in [0.29, 0.717) is 13.2 Å². The number of unbranched alkanes of at least 4 members (excludes halogenated alkanes) is 8. The van der Waals surface area contributed by atoms with Gasteiger partial charge in [0.15, 0.2) is 0 Å². The van der Waals surface area contributed by atoms with Gasteiger partial charge in [-0.25, -0.2) is 0 Å². The summed E-state index contributed by atoms with van der Waals surface area (Å²) in [4.78, 5) is 0. The molecule has 192 valence electrons. The highest BCUT2D eigenvalue weighted by Crippen LogP contribution is 2.29. The molecule has 0 heterocycles. The summed E-state index contributed by atoms with van der Waals surface area (Å²) in [7, 11) is 0. The van der Waals surface area contributed by atoms with E-state index in [9.17, 15) is 13.2 Å². The molecule has 0 saturated heterocycles. The maximum absolute atomic E-state index is 12.7. The van der Waals surface area contributed by atoms with Gasteiger partial charge < -0.3 is 14.2 Å². The van der Waals surface area contributed by atoms with Crippen LogP contribution in [0.5, 0.6) is 0 Å². The molecule has 0 fully saturated rings. The number of aryl methyl sites for hydroxylation is 1. The number of benzene rings is 1. The summed E-state index contributed by atoms with van der Waals surface area (Å²) >= 11 is 0. The van der Waals surface area contributed by atoms with Crippen LogP contribution in [-0.2, 0) is 26.8 Å². The Labute approximate surface area is 199 Å². The van der Waals surface area contributed by atoms with E-state index in [4.69, 9.17) is 14.2 Å². The highest BCUT2D eigenvalue weighted by Gasteiger charge is 2.29. The second kappa shape index (κ2) is 18.2. The second-order valence-corrected chi connectivity index (χ2v) is 8.66. The molecule has 0 radical (unpaired) electrons. The molecule has 0 bridgehead atoms. The first-order valence-electron chi connectivity index (χ1n) is 12.9. The fourth-order valence-corrected chi connectivity index (χ4v) is 3.90. The monoisotopic (exact) mass is 474 g/mol. The Morgan fingerprint density at radius 2 is 1.21 bits per heavy atom. The van der Waals surface area contributed by atoms with E-state index < -0.39 is 18.2 Å². The van der Waals surface area contributed by atoms with Crippen LogP contribution in [0.4, 0.5) is 13.2 Å². The van der Waals surface area contributed by atoms with Crippen molar-refractivity contribution >= 4 is 0 Å². The second-order valence-electron chi connectivity index (χ2n) is 8.66. The Morgan fingerprint density at radius 3 is 1.73 bits per heavy atom. The lowest BCUT2D eigenvalue weighted by Crippen LogP contribution is -2.27. The zero-order chi connectivity index (χ0) is 24.4. The highest BCUT2D eigenvalue weighted by molar-refractivity contribution is 5.24. The lowest BCUT2D eigenvalue weighted by atomic mass is 10.0. The molecule has 1 unspecified atom stereocenters. The van der Waals surface area contributed by atoms with Crippen LogP contribution in [0.1, 0.15) is 109 Å². The lowest BCUT2D eigenvalue weighted by Gasteiger charge is -2.24. The molecule has 0 aliphatic heterocycles. The number of halogens is 3. The minimum atomic E-state index is -4.27. The largest absolute Gasteiger partial charge is 0.416 e. The highest BCUT2D eigenvalue weighted by atomic mass is 19.4. The van der Waals surface area contributed by atoms with E-state index >= 15 is 0 Å². The molecule has 0 aliphatic rings. The fraction of sp³-hybridized carbons (Fsp3) is 0.778. The minimum Gasteiger partial charge on any atom is -0.330 e. The number of hydrogen-bond acceptors (Lipinski definition) is 3. The molecule has 1 atom stereocenters. The summed E-state index contributed by atoms with van der Waals surface area (Å²) in [5, 5.41) is 0. The van der Waals surface area contributed by atoms with Crippen molar-refractivity contribution in [1.82, 2.24) is 0 Å².